The van der Waals surface area contributed by atoms with Crippen molar-refractivity contribution in [3.63, 3.8) is 0 Å². The Balaban J connectivity index is 1.54. The van der Waals surface area contributed by atoms with Gasteiger partial charge in [0.25, 0.3) is 0 Å². The first kappa shape index (κ1) is 25.0. The molecule has 8 heteroatoms. The number of furan rings is 1. The second-order valence-electron chi connectivity index (χ2n) is 9.36. The molecule has 0 radical (unpaired) electrons. The number of aromatic nitrogens is 1. The topological polar surface area (TPSA) is 83.6 Å². The predicted octanol–water partition coefficient (Wildman–Crippen LogP) is 7.68. The van der Waals surface area contributed by atoms with Crippen molar-refractivity contribution < 1.29 is 18.9 Å². The average molecular weight is 531 g/mol. The van der Waals surface area contributed by atoms with Crippen LogP contribution in [0.5, 0.6) is 0 Å². The minimum atomic E-state index is -3.10. The summed E-state index contributed by atoms with van der Waals surface area (Å²) < 4.78 is 21.9. The van der Waals surface area contributed by atoms with Crippen LogP contribution >= 0.6 is 18.6 Å². The molecular formula is C29H27N2O4PS. The van der Waals surface area contributed by atoms with Crippen molar-refractivity contribution in [1.82, 2.24) is 4.98 Å². The maximum absolute atomic E-state index is 14.2. The Morgan fingerprint density at radius 3 is 2.32 bits per heavy atom. The quantitative estimate of drug-likeness (QED) is 0.217. The first-order chi connectivity index (χ1) is 17.6. The van der Waals surface area contributed by atoms with Gasteiger partial charge in [-0.3, -0.25) is 9.55 Å². The molecule has 0 saturated heterocycles. The molecule has 5 rings (SSSR count). The molecule has 5 aromatic rings. The van der Waals surface area contributed by atoms with Crippen molar-refractivity contribution in [1.29, 1.82) is 0 Å². The van der Waals surface area contributed by atoms with E-state index in [0.717, 1.165) is 32.7 Å². The molecule has 1 unspecified atom stereocenters. The summed E-state index contributed by atoms with van der Waals surface area (Å²) in [5, 5.41) is 10.8. The average Bonchev–Trinajstić information content (AvgIpc) is 3.49. The summed E-state index contributed by atoms with van der Waals surface area (Å²) in [6.45, 7) is 7.56. The summed E-state index contributed by atoms with van der Waals surface area (Å²) in [6.07, 6.45) is 1.73. The summed E-state index contributed by atoms with van der Waals surface area (Å²) in [4.78, 5) is 17.6. The number of carbonyl (C=O) groups is 1. The molecule has 2 aromatic carbocycles. The van der Waals surface area contributed by atoms with E-state index in [2.05, 4.69) is 4.98 Å². The molecule has 0 aliphatic heterocycles. The van der Waals surface area contributed by atoms with Crippen molar-refractivity contribution in [2.24, 2.45) is 0 Å². The van der Waals surface area contributed by atoms with Crippen LogP contribution < -0.4 is 9.97 Å². The molecule has 0 bridgehead atoms. The molecule has 0 spiro atoms. The van der Waals surface area contributed by atoms with Gasteiger partial charge in [-0.15, -0.1) is 11.3 Å². The number of thiophene rings is 1. The third-order valence-electron chi connectivity index (χ3n) is 6.31. The van der Waals surface area contributed by atoms with Gasteiger partial charge in [-0.2, -0.15) is 0 Å². The highest BCUT2D eigenvalue weighted by Gasteiger charge is 2.34. The molecule has 0 fully saturated rings. The molecule has 0 saturated carbocycles. The van der Waals surface area contributed by atoms with Gasteiger partial charge in [0, 0.05) is 40.7 Å². The predicted molar refractivity (Wildman–Crippen MR) is 152 cm³/mol. The van der Waals surface area contributed by atoms with E-state index in [0.29, 0.717) is 16.8 Å². The molecule has 0 amide bonds. The van der Waals surface area contributed by atoms with Crippen LogP contribution in [0.4, 0.5) is 5.69 Å². The van der Waals surface area contributed by atoms with Crippen molar-refractivity contribution in [2.75, 3.05) is 11.3 Å². The van der Waals surface area contributed by atoms with Gasteiger partial charge in [0.05, 0.1) is 5.69 Å². The van der Waals surface area contributed by atoms with E-state index in [1.165, 1.54) is 11.3 Å². The molecule has 3 aromatic heterocycles. The second kappa shape index (κ2) is 9.66. The van der Waals surface area contributed by atoms with Gasteiger partial charge in [0.2, 0.25) is 0 Å². The maximum atomic E-state index is 14.2. The van der Waals surface area contributed by atoms with E-state index in [9.17, 15) is 14.5 Å². The van der Waals surface area contributed by atoms with Crippen LogP contribution in [-0.4, -0.2) is 28.8 Å². The van der Waals surface area contributed by atoms with E-state index in [1.807, 2.05) is 93.6 Å². The molecule has 0 aliphatic rings. The van der Waals surface area contributed by atoms with Crippen LogP contribution in [0.3, 0.4) is 0 Å². The summed E-state index contributed by atoms with van der Waals surface area (Å²) in [7, 11) is -3.10. The molecule has 1 atom stereocenters. The van der Waals surface area contributed by atoms with E-state index < -0.39 is 13.3 Å². The molecule has 6 nitrogen and oxygen atoms in total. The van der Waals surface area contributed by atoms with Crippen molar-refractivity contribution in [3.05, 3.63) is 89.4 Å². The number of fused-ring (bicyclic) bond motifs is 1. The number of aryl methyl sites for hydroxylation is 1. The van der Waals surface area contributed by atoms with Gasteiger partial charge in [-0.05, 0) is 56.7 Å². The number of aromatic carboxylic acids is 1. The van der Waals surface area contributed by atoms with Gasteiger partial charge in [0.1, 0.15) is 16.2 Å². The molecule has 0 aliphatic carbocycles. The van der Waals surface area contributed by atoms with E-state index in [1.54, 1.807) is 17.5 Å². The van der Waals surface area contributed by atoms with Crippen LogP contribution in [0, 0.1) is 6.92 Å². The zero-order chi connectivity index (χ0) is 26.3. The molecular weight excluding hydrogens is 503 g/mol. The third-order valence-corrected chi connectivity index (χ3v) is 10.2. The molecule has 3 heterocycles. The second-order valence-corrected chi connectivity index (χ2v) is 13.1. The fraction of sp³-hybridized carbons (Fsp3) is 0.172. The maximum Gasteiger partial charge on any atom is 0.348 e. The number of hydrogen-bond acceptors (Lipinski definition) is 5. The van der Waals surface area contributed by atoms with Crippen molar-refractivity contribution >= 4 is 46.7 Å². The van der Waals surface area contributed by atoms with Crippen molar-refractivity contribution in [3.8, 4) is 21.8 Å². The Hall–Kier alpha value is -3.67. The molecule has 1 N–H and O–H groups in total. The Kier molecular flexibility index (Phi) is 6.52. The van der Waals surface area contributed by atoms with E-state index in [-0.39, 0.29) is 10.9 Å². The third kappa shape index (κ3) is 4.73. The number of anilines is 1. The lowest BCUT2D eigenvalue weighted by molar-refractivity contribution is 0.0703. The number of benzene rings is 2. The molecule has 188 valence electrons. The SMILES string of the molecule is Cc1ccc(P(C)(=O)N(c2cc(-c3ccc(-c4cc5ncccc5o4)cc3)sc2C(=O)O)C(C)C)cc1. The Morgan fingerprint density at radius 1 is 1.03 bits per heavy atom. The lowest BCUT2D eigenvalue weighted by Crippen LogP contribution is -2.32. The molecule has 37 heavy (non-hydrogen) atoms. The van der Waals surface area contributed by atoms with Gasteiger partial charge >= 0.3 is 5.97 Å². The van der Waals surface area contributed by atoms with Crippen LogP contribution in [0.25, 0.3) is 32.9 Å². The zero-order valence-electron chi connectivity index (χ0n) is 21.0. The normalized spacial score (nSPS) is 13.1. The Morgan fingerprint density at radius 2 is 1.70 bits per heavy atom. The summed E-state index contributed by atoms with van der Waals surface area (Å²) in [6, 6.07) is 22.7. The highest BCUT2D eigenvalue weighted by Crippen LogP contribution is 2.52. The smallest absolute Gasteiger partial charge is 0.348 e. The number of carboxylic acid groups (broad SMARTS) is 1. The lowest BCUT2D eigenvalue weighted by atomic mass is 10.1. The highest BCUT2D eigenvalue weighted by molar-refractivity contribution is 7.72. The summed E-state index contributed by atoms with van der Waals surface area (Å²) in [5.74, 6) is -0.318. The fourth-order valence-electron chi connectivity index (χ4n) is 4.53. The van der Waals surface area contributed by atoms with E-state index >= 15 is 0 Å². The number of rotatable bonds is 7. The van der Waals surface area contributed by atoms with Crippen LogP contribution in [0.15, 0.2) is 83.4 Å². The van der Waals surface area contributed by atoms with Crippen LogP contribution in [0.1, 0.15) is 29.1 Å². The Labute approximate surface area is 219 Å². The fourth-order valence-corrected chi connectivity index (χ4v) is 7.99. The highest BCUT2D eigenvalue weighted by atomic mass is 32.1. The van der Waals surface area contributed by atoms with Crippen molar-refractivity contribution in [2.45, 2.75) is 26.8 Å². The minimum Gasteiger partial charge on any atom is -0.477 e. The summed E-state index contributed by atoms with van der Waals surface area (Å²) >= 11 is 1.19. The first-order valence-corrected chi connectivity index (χ1v) is 14.8. The van der Waals surface area contributed by atoms with Crippen LogP contribution in [0.2, 0.25) is 0 Å². The number of carboxylic acids is 1. The van der Waals surface area contributed by atoms with Gasteiger partial charge in [0.15, 0.2) is 12.9 Å². The minimum absolute atomic E-state index is 0.172. The zero-order valence-corrected chi connectivity index (χ0v) is 22.7. The van der Waals surface area contributed by atoms with Gasteiger partial charge in [-0.25, -0.2) is 4.79 Å². The van der Waals surface area contributed by atoms with Gasteiger partial charge in [-0.1, -0.05) is 42.0 Å². The number of pyridine rings is 1. The summed E-state index contributed by atoms with van der Waals surface area (Å²) in [5.41, 5.74) is 4.84. The van der Waals surface area contributed by atoms with E-state index in [4.69, 9.17) is 4.42 Å². The standard InChI is InChI=1S/C29H27N2O4PS/c1-18(2)31(36(4,34)22-13-7-19(3)8-14-22)24-17-27(37-28(24)29(32)33)21-11-9-20(10-12-21)26-16-23-25(35-26)6-5-15-30-23/h5-18H,1-4H3,(H,32,33). The monoisotopic (exact) mass is 530 g/mol. The first-order valence-electron chi connectivity index (χ1n) is 11.9. The van der Waals surface area contributed by atoms with Gasteiger partial charge < -0.3 is 14.2 Å². The van der Waals surface area contributed by atoms with Crippen LogP contribution in [-0.2, 0) is 4.57 Å². The lowest BCUT2D eigenvalue weighted by Gasteiger charge is -2.34. The number of hydrogen-bond donors (Lipinski definition) is 1. The number of nitrogens with zero attached hydrogens (tertiary/aromatic N) is 2. The largest absolute Gasteiger partial charge is 0.477 e. The Bertz CT molecular complexity index is 1600.